The molecular weight excluding hydrogens is 266 g/mol. The van der Waals surface area contributed by atoms with Gasteiger partial charge in [-0.15, -0.1) is 12.4 Å². The van der Waals surface area contributed by atoms with Crippen molar-refractivity contribution in [2.24, 2.45) is 5.92 Å². The van der Waals surface area contributed by atoms with Gasteiger partial charge in [-0.25, -0.2) is 0 Å². The highest BCUT2D eigenvalue weighted by Crippen LogP contribution is 2.23. The molecule has 1 N–H and O–H groups in total. The van der Waals surface area contributed by atoms with Gasteiger partial charge in [0.15, 0.2) is 0 Å². The normalized spacial score (nSPS) is 16.8. The van der Waals surface area contributed by atoms with Crippen molar-refractivity contribution < 1.29 is 0 Å². The molecule has 0 radical (unpaired) electrons. The van der Waals surface area contributed by atoms with E-state index in [-0.39, 0.29) is 17.8 Å². The summed E-state index contributed by atoms with van der Waals surface area (Å²) in [5.74, 6) is 0.919. The Morgan fingerprint density at radius 3 is 2.15 bits per heavy atom. The number of hydrogen-bond donors (Lipinski definition) is 1. The van der Waals surface area contributed by atoms with Crippen molar-refractivity contribution in [2.45, 2.75) is 64.8 Å². The molecule has 1 aliphatic carbocycles. The van der Waals surface area contributed by atoms with Crippen LogP contribution >= 0.6 is 12.4 Å². The number of hydrogen-bond acceptors (Lipinski definition) is 1. The highest BCUT2D eigenvalue weighted by molar-refractivity contribution is 5.85. The van der Waals surface area contributed by atoms with Gasteiger partial charge in [0, 0.05) is 6.54 Å². The van der Waals surface area contributed by atoms with Crippen LogP contribution in [0, 0.1) is 5.92 Å². The van der Waals surface area contributed by atoms with E-state index in [0.717, 1.165) is 12.5 Å². The van der Waals surface area contributed by atoms with E-state index >= 15 is 0 Å². The lowest BCUT2D eigenvalue weighted by Crippen LogP contribution is -2.24. The molecule has 2 rings (SSSR count). The van der Waals surface area contributed by atoms with Crippen molar-refractivity contribution >= 4 is 12.4 Å². The van der Waals surface area contributed by atoms with Gasteiger partial charge in [-0.3, -0.25) is 0 Å². The van der Waals surface area contributed by atoms with Crippen LogP contribution in [0.25, 0.3) is 0 Å². The van der Waals surface area contributed by atoms with Crippen LogP contribution in [0.2, 0.25) is 0 Å². The Labute approximate surface area is 131 Å². The Kier molecular flexibility index (Phi) is 7.05. The highest BCUT2D eigenvalue weighted by atomic mass is 35.5. The number of halogens is 1. The summed E-state index contributed by atoms with van der Waals surface area (Å²) in [5.41, 5.74) is 3.08. The minimum atomic E-state index is 0. The maximum atomic E-state index is 3.63. The summed E-state index contributed by atoms with van der Waals surface area (Å²) in [5, 5.41) is 3.63. The van der Waals surface area contributed by atoms with Crippen LogP contribution in [-0.4, -0.2) is 6.54 Å². The Balaban J connectivity index is 0.00000200. The molecule has 114 valence electrons. The largest absolute Gasteiger partial charge is 0.312 e. The first-order valence-corrected chi connectivity index (χ1v) is 7.86. The van der Waals surface area contributed by atoms with Crippen molar-refractivity contribution in [3.8, 4) is 0 Å². The maximum absolute atomic E-state index is 3.63. The molecule has 1 aliphatic rings. The van der Waals surface area contributed by atoms with Crippen molar-refractivity contribution in [3.63, 3.8) is 0 Å². The molecule has 1 nitrogen and oxygen atoms in total. The molecule has 0 aromatic heterocycles. The fourth-order valence-electron chi connectivity index (χ4n) is 2.93. The highest BCUT2D eigenvalue weighted by Gasteiger charge is 2.14. The summed E-state index contributed by atoms with van der Waals surface area (Å²) >= 11 is 0. The first-order valence-electron chi connectivity index (χ1n) is 7.86. The minimum absolute atomic E-state index is 0. The third-order valence-electron chi connectivity index (χ3n) is 4.31. The zero-order chi connectivity index (χ0) is 13.7. The second-order valence-corrected chi connectivity index (χ2v) is 7.08. The minimum Gasteiger partial charge on any atom is -0.312 e. The summed E-state index contributed by atoms with van der Waals surface area (Å²) in [6, 6.07) is 9.10. The lowest BCUT2D eigenvalue weighted by atomic mass is 9.86. The second kappa shape index (κ2) is 8.05. The van der Waals surface area contributed by atoms with Crippen LogP contribution in [0.3, 0.4) is 0 Å². The first kappa shape index (κ1) is 17.5. The SMILES string of the molecule is CC(C)(C)c1ccc(CNCC2CCCCC2)cc1.Cl. The summed E-state index contributed by atoms with van der Waals surface area (Å²) in [4.78, 5) is 0. The fraction of sp³-hybridized carbons (Fsp3) is 0.667. The van der Waals surface area contributed by atoms with Crippen molar-refractivity contribution in [1.82, 2.24) is 5.32 Å². The maximum Gasteiger partial charge on any atom is 0.0205 e. The van der Waals surface area contributed by atoms with Crippen LogP contribution in [0.15, 0.2) is 24.3 Å². The fourth-order valence-corrected chi connectivity index (χ4v) is 2.93. The van der Waals surface area contributed by atoms with Gasteiger partial charge in [0.2, 0.25) is 0 Å². The third kappa shape index (κ3) is 5.46. The molecule has 2 heteroatoms. The smallest absolute Gasteiger partial charge is 0.0205 e. The molecule has 1 fully saturated rings. The first-order chi connectivity index (χ1) is 9.05. The van der Waals surface area contributed by atoms with E-state index in [1.807, 2.05) is 0 Å². The topological polar surface area (TPSA) is 12.0 Å². The van der Waals surface area contributed by atoms with Crippen LogP contribution in [0.1, 0.15) is 64.0 Å². The van der Waals surface area contributed by atoms with Gasteiger partial charge in [0.25, 0.3) is 0 Å². The molecule has 0 heterocycles. The molecule has 0 aliphatic heterocycles. The van der Waals surface area contributed by atoms with Crippen LogP contribution in [0.5, 0.6) is 0 Å². The quantitative estimate of drug-likeness (QED) is 0.817. The van der Waals surface area contributed by atoms with E-state index in [9.17, 15) is 0 Å². The van der Waals surface area contributed by atoms with Gasteiger partial charge in [0.05, 0.1) is 0 Å². The van der Waals surface area contributed by atoms with Gasteiger partial charge in [-0.05, 0) is 41.8 Å². The predicted octanol–water partition coefficient (Wildman–Crippen LogP) is 5.08. The molecule has 0 amide bonds. The Morgan fingerprint density at radius 1 is 1.00 bits per heavy atom. The van der Waals surface area contributed by atoms with E-state index in [4.69, 9.17) is 0 Å². The Bertz CT molecular complexity index is 371. The standard InChI is InChI=1S/C18H29N.ClH/c1-18(2,3)17-11-9-16(10-12-17)14-19-13-15-7-5-4-6-8-15;/h9-12,15,19H,4-8,13-14H2,1-3H3;1H. The van der Waals surface area contributed by atoms with Gasteiger partial charge in [0.1, 0.15) is 0 Å². The molecule has 0 saturated heterocycles. The third-order valence-corrected chi connectivity index (χ3v) is 4.31. The summed E-state index contributed by atoms with van der Waals surface area (Å²) in [7, 11) is 0. The molecule has 1 aromatic carbocycles. The lowest BCUT2D eigenvalue weighted by molar-refractivity contribution is 0.342. The van der Waals surface area contributed by atoms with Crippen LogP contribution < -0.4 is 5.32 Å². The zero-order valence-corrected chi connectivity index (χ0v) is 14.1. The van der Waals surface area contributed by atoms with Crippen LogP contribution in [-0.2, 0) is 12.0 Å². The average Bonchev–Trinajstić information content (AvgIpc) is 2.39. The molecule has 0 bridgehead atoms. The monoisotopic (exact) mass is 295 g/mol. The molecule has 0 atom stereocenters. The van der Waals surface area contributed by atoms with Crippen LogP contribution in [0.4, 0.5) is 0 Å². The van der Waals surface area contributed by atoms with E-state index in [1.165, 1.54) is 49.8 Å². The molecule has 20 heavy (non-hydrogen) atoms. The van der Waals surface area contributed by atoms with E-state index < -0.39 is 0 Å². The molecule has 1 aromatic rings. The van der Waals surface area contributed by atoms with Gasteiger partial charge >= 0.3 is 0 Å². The van der Waals surface area contributed by atoms with E-state index in [2.05, 4.69) is 50.4 Å². The van der Waals surface area contributed by atoms with E-state index in [0.29, 0.717) is 0 Å². The molecule has 1 saturated carbocycles. The van der Waals surface area contributed by atoms with Gasteiger partial charge < -0.3 is 5.32 Å². The molecular formula is C18H30ClN. The van der Waals surface area contributed by atoms with Gasteiger partial charge in [-0.1, -0.05) is 64.3 Å². The number of rotatable bonds is 4. The zero-order valence-electron chi connectivity index (χ0n) is 13.2. The van der Waals surface area contributed by atoms with Crippen molar-refractivity contribution in [1.29, 1.82) is 0 Å². The lowest BCUT2D eigenvalue weighted by Gasteiger charge is -2.22. The average molecular weight is 296 g/mol. The predicted molar refractivity (Wildman–Crippen MR) is 90.7 cm³/mol. The number of nitrogens with one attached hydrogen (secondary N) is 1. The summed E-state index contributed by atoms with van der Waals surface area (Å²) in [6.45, 7) is 9.01. The molecule has 0 unspecified atom stereocenters. The van der Waals surface area contributed by atoms with Crippen molar-refractivity contribution in [3.05, 3.63) is 35.4 Å². The number of benzene rings is 1. The van der Waals surface area contributed by atoms with E-state index in [1.54, 1.807) is 0 Å². The second-order valence-electron chi connectivity index (χ2n) is 7.08. The Morgan fingerprint density at radius 2 is 1.60 bits per heavy atom. The van der Waals surface area contributed by atoms with Gasteiger partial charge in [-0.2, -0.15) is 0 Å². The molecule has 0 spiro atoms. The summed E-state index contributed by atoms with van der Waals surface area (Å²) in [6.07, 6.45) is 7.18. The van der Waals surface area contributed by atoms with Crippen molar-refractivity contribution in [2.75, 3.05) is 6.54 Å². The summed E-state index contributed by atoms with van der Waals surface area (Å²) < 4.78 is 0. The Hall–Kier alpha value is -0.530.